The van der Waals surface area contributed by atoms with Crippen LogP contribution in [0, 0.1) is 0 Å². The van der Waals surface area contributed by atoms with Crippen LogP contribution in [0.15, 0.2) is 90.0 Å². The Balaban J connectivity index is 1.59. The van der Waals surface area contributed by atoms with Crippen LogP contribution < -0.4 is 5.32 Å². The lowest BCUT2D eigenvalue weighted by Crippen LogP contribution is -2.32. The largest absolute Gasteiger partial charge is 0.324 e. The Morgan fingerprint density at radius 3 is 2.21 bits per heavy atom. The number of hydrogen-bond acceptors (Lipinski definition) is 5. The SMILES string of the molecule is CC(C)N(C)S(=O)(=O)c1ccc(Nc2ncc(Cl)c(-c3cccc(-c4ccccc4)c3)n2)cc1. The van der Waals surface area contributed by atoms with Gasteiger partial charge in [-0.2, -0.15) is 4.31 Å². The molecule has 0 saturated carbocycles. The highest BCUT2D eigenvalue weighted by atomic mass is 35.5. The first-order chi connectivity index (χ1) is 16.3. The molecule has 0 aliphatic carbocycles. The molecule has 1 heterocycles. The van der Waals surface area contributed by atoms with Gasteiger partial charge in [-0.3, -0.25) is 0 Å². The molecule has 34 heavy (non-hydrogen) atoms. The van der Waals surface area contributed by atoms with Crippen molar-refractivity contribution in [2.45, 2.75) is 24.8 Å². The summed E-state index contributed by atoms with van der Waals surface area (Å²) in [6.45, 7) is 3.66. The highest BCUT2D eigenvalue weighted by molar-refractivity contribution is 7.89. The maximum absolute atomic E-state index is 12.7. The number of aromatic nitrogens is 2. The highest BCUT2D eigenvalue weighted by Crippen LogP contribution is 2.30. The standard InChI is InChI=1S/C26H25ClN4O2S/c1-18(2)31(3)34(32,33)23-14-12-22(13-15-23)29-26-28-17-24(27)25(30-26)21-11-7-10-20(16-21)19-8-5-4-6-9-19/h4-18H,1-3H3,(H,28,29,30). The lowest BCUT2D eigenvalue weighted by Gasteiger charge is -2.21. The highest BCUT2D eigenvalue weighted by Gasteiger charge is 2.22. The van der Waals surface area contributed by atoms with Gasteiger partial charge in [0.1, 0.15) is 0 Å². The molecule has 0 saturated heterocycles. The molecule has 3 aromatic carbocycles. The predicted molar refractivity (Wildman–Crippen MR) is 138 cm³/mol. The van der Waals surface area contributed by atoms with E-state index in [1.807, 2.05) is 56.3 Å². The quantitative estimate of drug-likeness (QED) is 0.330. The van der Waals surface area contributed by atoms with Crippen LogP contribution in [0.5, 0.6) is 0 Å². The van der Waals surface area contributed by atoms with Crippen molar-refractivity contribution in [2.75, 3.05) is 12.4 Å². The molecule has 174 valence electrons. The van der Waals surface area contributed by atoms with Crippen molar-refractivity contribution in [3.63, 3.8) is 0 Å². The molecule has 0 radical (unpaired) electrons. The second-order valence-electron chi connectivity index (χ2n) is 8.10. The van der Waals surface area contributed by atoms with Crippen LogP contribution in [0.1, 0.15) is 13.8 Å². The molecule has 0 amide bonds. The Bertz CT molecular complexity index is 1390. The molecule has 0 aliphatic heterocycles. The first-order valence-corrected chi connectivity index (χ1v) is 12.6. The molecule has 0 unspecified atom stereocenters. The summed E-state index contributed by atoms with van der Waals surface area (Å²) >= 11 is 6.43. The molecule has 0 fully saturated rings. The first kappa shape index (κ1) is 23.9. The van der Waals surface area contributed by atoms with Gasteiger partial charge in [0, 0.05) is 24.3 Å². The zero-order chi connectivity index (χ0) is 24.3. The molecule has 0 bridgehead atoms. The Morgan fingerprint density at radius 2 is 1.53 bits per heavy atom. The van der Waals surface area contributed by atoms with Crippen LogP contribution in [0.3, 0.4) is 0 Å². The van der Waals surface area contributed by atoms with Gasteiger partial charge in [0.05, 0.1) is 21.8 Å². The summed E-state index contributed by atoms with van der Waals surface area (Å²) in [5.74, 6) is 0.361. The first-order valence-electron chi connectivity index (χ1n) is 10.8. The number of nitrogens with one attached hydrogen (secondary N) is 1. The minimum absolute atomic E-state index is 0.135. The van der Waals surface area contributed by atoms with E-state index in [1.54, 1.807) is 37.5 Å². The van der Waals surface area contributed by atoms with Crippen LogP contribution >= 0.6 is 11.6 Å². The van der Waals surface area contributed by atoms with Crippen molar-refractivity contribution in [3.05, 3.63) is 90.1 Å². The molecule has 8 heteroatoms. The summed E-state index contributed by atoms with van der Waals surface area (Å²) in [5, 5.41) is 3.57. The van der Waals surface area contributed by atoms with E-state index in [2.05, 4.69) is 27.4 Å². The maximum atomic E-state index is 12.7. The summed E-state index contributed by atoms with van der Waals surface area (Å²) in [4.78, 5) is 9.12. The third-order valence-corrected chi connectivity index (χ3v) is 7.83. The Labute approximate surface area is 205 Å². The molecule has 0 spiro atoms. The molecular weight excluding hydrogens is 468 g/mol. The molecule has 0 aliphatic rings. The Kier molecular flexibility index (Phi) is 6.97. The smallest absolute Gasteiger partial charge is 0.243 e. The summed E-state index contributed by atoms with van der Waals surface area (Å²) < 4.78 is 26.7. The summed E-state index contributed by atoms with van der Waals surface area (Å²) in [6, 6.07) is 24.5. The van der Waals surface area contributed by atoms with Gasteiger partial charge in [-0.1, -0.05) is 60.1 Å². The number of nitrogens with zero attached hydrogens (tertiary/aromatic N) is 3. The fourth-order valence-electron chi connectivity index (χ4n) is 3.39. The van der Waals surface area contributed by atoms with Gasteiger partial charge in [-0.15, -0.1) is 0 Å². The Hall–Kier alpha value is -3.26. The van der Waals surface area contributed by atoms with Crippen molar-refractivity contribution in [2.24, 2.45) is 0 Å². The van der Waals surface area contributed by atoms with E-state index in [1.165, 1.54) is 4.31 Å². The summed E-state index contributed by atoms with van der Waals surface area (Å²) in [7, 11) is -1.97. The van der Waals surface area contributed by atoms with Crippen molar-refractivity contribution in [1.82, 2.24) is 14.3 Å². The minimum atomic E-state index is -3.55. The molecule has 1 aromatic heterocycles. The van der Waals surface area contributed by atoms with E-state index < -0.39 is 10.0 Å². The van der Waals surface area contributed by atoms with Gasteiger partial charge in [-0.05, 0) is 55.3 Å². The van der Waals surface area contributed by atoms with Crippen LogP contribution in [0.4, 0.5) is 11.6 Å². The third-order valence-electron chi connectivity index (χ3n) is 5.50. The summed E-state index contributed by atoms with van der Waals surface area (Å²) in [6.07, 6.45) is 1.55. The number of rotatable bonds is 7. The average molecular weight is 493 g/mol. The van der Waals surface area contributed by atoms with E-state index in [4.69, 9.17) is 11.6 Å². The lowest BCUT2D eigenvalue weighted by atomic mass is 10.0. The minimum Gasteiger partial charge on any atom is -0.324 e. The van der Waals surface area contributed by atoms with Gasteiger partial charge in [0.2, 0.25) is 16.0 Å². The van der Waals surface area contributed by atoms with Crippen LogP contribution in [-0.2, 0) is 10.0 Å². The normalized spacial score (nSPS) is 11.7. The van der Waals surface area contributed by atoms with Crippen molar-refractivity contribution in [3.8, 4) is 22.4 Å². The zero-order valence-electron chi connectivity index (χ0n) is 19.1. The Morgan fingerprint density at radius 1 is 0.882 bits per heavy atom. The van der Waals surface area contributed by atoms with Crippen molar-refractivity contribution < 1.29 is 8.42 Å². The van der Waals surface area contributed by atoms with E-state index in [0.717, 1.165) is 16.7 Å². The summed E-state index contributed by atoms with van der Waals surface area (Å²) in [5.41, 5.74) is 4.30. The second-order valence-corrected chi connectivity index (χ2v) is 10.5. The van der Waals surface area contributed by atoms with Crippen LogP contribution in [-0.4, -0.2) is 35.8 Å². The number of halogens is 1. The predicted octanol–water partition coefficient (Wildman–Crippen LogP) is 6.24. The van der Waals surface area contributed by atoms with E-state index in [-0.39, 0.29) is 10.9 Å². The number of anilines is 2. The fourth-order valence-corrected chi connectivity index (χ4v) is 4.96. The number of benzene rings is 3. The van der Waals surface area contributed by atoms with E-state index >= 15 is 0 Å². The molecule has 6 nitrogen and oxygen atoms in total. The van der Waals surface area contributed by atoms with E-state index in [0.29, 0.717) is 22.4 Å². The lowest BCUT2D eigenvalue weighted by molar-refractivity contribution is 0.410. The van der Waals surface area contributed by atoms with Gasteiger partial charge in [0.25, 0.3) is 0 Å². The van der Waals surface area contributed by atoms with Gasteiger partial charge in [-0.25, -0.2) is 18.4 Å². The van der Waals surface area contributed by atoms with Crippen LogP contribution in [0.25, 0.3) is 22.4 Å². The maximum Gasteiger partial charge on any atom is 0.243 e. The van der Waals surface area contributed by atoms with E-state index in [9.17, 15) is 8.42 Å². The van der Waals surface area contributed by atoms with Crippen molar-refractivity contribution >= 4 is 33.3 Å². The van der Waals surface area contributed by atoms with Gasteiger partial charge in [0.15, 0.2) is 0 Å². The topological polar surface area (TPSA) is 75.2 Å². The van der Waals surface area contributed by atoms with Gasteiger partial charge >= 0.3 is 0 Å². The number of sulfonamides is 1. The molecule has 0 atom stereocenters. The fraction of sp³-hybridized carbons (Fsp3) is 0.154. The average Bonchev–Trinajstić information content (AvgIpc) is 2.85. The number of hydrogen-bond donors (Lipinski definition) is 1. The van der Waals surface area contributed by atoms with Gasteiger partial charge < -0.3 is 5.32 Å². The van der Waals surface area contributed by atoms with Crippen LogP contribution in [0.2, 0.25) is 5.02 Å². The zero-order valence-corrected chi connectivity index (χ0v) is 20.7. The molecule has 4 rings (SSSR count). The molecule has 1 N–H and O–H groups in total. The third kappa shape index (κ3) is 5.12. The monoisotopic (exact) mass is 492 g/mol. The molecule has 4 aromatic rings. The second kappa shape index (κ2) is 9.93. The molecular formula is C26H25ClN4O2S. The van der Waals surface area contributed by atoms with Crippen molar-refractivity contribution in [1.29, 1.82) is 0 Å².